The van der Waals surface area contributed by atoms with E-state index >= 15 is 0 Å². The standard InChI is InChI=1S/C14H15BrF3N3/c1-3-10-13(19)11(4-2)21(20-10)12-6-5-8(7-9(12)15)14(16,17)18/h5-7H,3-4,19H2,1-2H3. The lowest BCUT2D eigenvalue weighted by molar-refractivity contribution is -0.137. The topological polar surface area (TPSA) is 43.8 Å². The molecule has 0 aliphatic heterocycles. The van der Waals surface area contributed by atoms with Crippen molar-refractivity contribution in [3.8, 4) is 5.69 Å². The van der Waals surface area contributed by atoms with Crippen LogP contribution in [-0.2, 0) is 19.0 Å². The van der Waals surface area contributed by atoms with Crippen LogP contribution in [0.4, 0.5) is 18.9 Å². The van der Waals surface area contributed by atoms with Gasteiger partial charge in [-0.05, 0) is 47.0 Å². The van der Waals surface area contributed by atoms with Crippen molar-refractivity contribution in [3.63, 3.8) is 0 Å². The van der Waals surface area contributed by atoms with Crippen LogP contribution in [0.2, 0.25) is 0 Å². The van der Waals surface area contributed by atoms with Crippen LogP contribution in [0, 0.1) is 0 Å². The Kier molecular flexibility index (Phi) is 4.32. The number of aromatic nitrogens is 2. The van der Waals surface area contributed by atoms with Gasteiger partial charge in [0.15, 0.2) is 0 Å². The molecule has 2 rings (SSSR count). The Labute approximate surface area is 129 Å². The summed E-state index contributed by atoms with van der Waals surface area (Å²) in [5.41, 5.74) is 8.03. The summed E-state index contributed by atoms with van der Waals surface area (Å²) < 4.78 is 40.1. The summed E-state index contributed by atoms with van der Waals surface area (Å²) in [6.45, 7) is 3.87. The van der Waals surface area contributed by atoms with Gasteiger partial charge in [0.25, 0.3) is 0 Å². The molecule has 21 heavy (non-hydrogen) atoms. The van der Waals surface area contributed by atoms with E-state index in [-0.39, 0.29) is 0 Å². The Morgan fingerprint density at radius 1 is 1.24 bits per heavy atom. The third-order valence-electron chi connectivity index (χ3n) is 3.27. The molecule has 0 amide bonds. The summed E-state index contributed by atoms with van der Waals surface area (Å²) in [6, 6.07) is 3.50. The maximum absolute atomic E-state index is 12.7. The average molecular weight is 362 g/mol. The fourth-order valence-corrected chi connectivity index (χ4v) is 2.72. The van der Waals surface area contributed by atoms with E-state index in [0.29, 0.717) is 28.7 Å². The fourth-order valence-electron chi connectivity index (χ4n) is 2.17. The summed E-state index contributed by atoms with van der Waals surface area (Å²) in [7, 11) is 0. The van der Waals surface area contributed by atoms with Crippen LogP contribution in [-0.4, -0.2) is 9.78 Å². The van der Waals surface area contributed by atoms with Gasteiger partial charge in [-0.25, -0.2) is 4.68 Å². The molecule has 3 nitrogen and oxygen atoms in total. The number of nitrogens with two attached hydrogens (primary N) is 1. The van der Waals surface area contributed by atoms with E-state index in [9.17, 15) is 13.2 Å². The summed E-state index contributed by atoms with van der Waals surface area (Å²) in [6.07, 6.45) is -3.05. The molecule has 0 spiro atoms. The first-order valence-corrected chi connectivity index (χ1v) is 7.32. The fraction of sp³-hybridized carbons (Fsp3) is 0.357. The lowest BCUT2D eigenvalue weighted by Crippen LogP contribution is -2.08. The van der Waals surface area contributed by atoms with Gasteiger partial charge in [0.1, 0.15) is 0 Å². The minimum atomic E-state index is -4.37. The van der Waals surface area contributed by atoms with Crippen LogP contribution in [0.15, 0.2) is 22.7 Å². The van der Waals surface area contributed by atoms with Crippen molar-refractivity contribution < 1.29 is 13.2 Å². The van der Waals surface area contributed by atoms with Crippen LogP contribution in [0.25, 0.3) is 5.69 Å². The Balaban J connectivity index is 2.58. The molecule has 0 atom stereocenters. The Morgan fingerprint density at radius 3 is 2.38 bits per heavy atom. The monoisotopic (exact) mass is 361 g/mol. The number of nitrogens with zero attached hydrogens (tertiary/aromatic N) is 2. The van der Waals surface area contributed by atoms with Gasteiger partial charge in [-0.2, -0.15) is 18.3 Å². The highest BCUT2D eigenvalue weighted by Crippen LogP contribution is 2.34. The van der Waals surface area contributed by atoms with E-state index in [1.54, 1.807) is 4.68 Å². The van der Waals surface area contributed by atoms with Crippen molar-refractivity contribution in [1.82, 2.24) is 9.78 Å². The molecule has 0 aliphatic carbocycles. The Morgan fingerprint density at radius 2 is 1.90 bits per heavy atom. The molecule has 0 radical (unpaired) electrons. The molecule has 0 saturated heterocycles. The second kappa shape index (κ2) is 5.71. The quantitative estimate of drug-likeness (QED) is 0.882. The average Bonchev–Trinajstić information content (AvgIpc) is 2.73. The van der Waals surface area contributed by atoms with Crippen LogP contribution in [0.3, 0.4) is 0 Å². The number of alkyl halides is 3. The van der Waals surface area contributed by atoms with Crippen molar-refractivity contribution in [2.75, 3.05) is 5.73 Å². The maximum atomic E-state index is 12.7. The second-order valence-corrected chi connectivity index (χ2v) is 5.44. The molecule has 2 aromatic rings. The van der Waals surface area contributed by atoms with Gasteiger partial charge in [-0.1, -0.05) is 13.8 Å². The normalized spacial score (nSPS) is 11.9. The summed E-state index contributed by atoms with van der Waals surface area (Å²) in [5, 5.41) is 4.40. The van der Waals surface area contributed by atoms with Gasteiger partial charge in [-0.3, -0.25) is 0 Å². The predicted molar refractivity (Wildman–Crippen MR) is 79.4 cm³/mol. The molecule has 0 bridgehead atoms. The number of hydrogen-bond donors (Lipinski definition) is 1. The molecular formula is C14H15BrF3N3. The van der Waals surface area contributed by atoms with Gasteiger partial charge < -0.3 is 5.73 Å². The SMILES string of the molecule is CCc1nn(-c2ccc(C(F)(F)F)cc2Br)c(CC)c1N. The van der Waals surface area contributed by atoms with E-state index < -0.39 is 11.7 Å². The van der Waals surface area contributed by atoms with E-state index in [4.69, 9.17) is 5.73 Å². The molecule has 0 fully saturated rings. The van der Waals surface area contributed by atoms with E-state index in [2.05, 4.69) is 21.0 Å². The minimum absolute atomic E-state index is 0.331. The molecule has 0 saturated carbocycles. The van der Waals surface area contributed by atoms with Crippen molar-refractivity contribution in [2.24, 2.45) is 0 Å². The predicted octanol–water partition coefficient (Wildman–Crippen LogP) is 4.36. The number of aryl methyl sites for hydroxylation is 1. The van der Waals surface area contributed by atoms with E-state index in [0.717, 1.165) is 23.5 Å². The van der Waals surface area contributed by atoms with Gasteiger partial charge in [0.05, 0.1) is 28.3 Å². The second-order valence-electron chi connectivity index (χ2n) is 4.59. The molecule has 1 aromatic carbocycles. The number of benzene rings is 1. The first-order chi connectivity index (χ1) is 9.79. The van der Waals surface area contributed by atoms with E-state index in [1.165, 1.54) is 6.07 Å². The highest BCUT2D eigenvalue weighted by molar-refractivity contribution is 9.10. The zero-order chi connectivity index (χ0) is 15.8. The molecule has 7 heteroatoms. The highest BCUT2D eigenvalue weighted by Gasteiger charge is 2.31. The molecule has 0 aliphatic rings. The summed E-state index contributed by atoms with van der Waals surface area (Å²) in [5.74, 6) is 0. The highest BCUT2D eigenvalue weighted by atomic mass is 79.9. The number of halogens is 4. The molecule has 1 heterocycles. The molecule has 0 unspecified atom stereocenters. The third-order valence-corrected chi connectivity index (χ3v) is 3.91. The van der Waals surface area contributed by atoms with Crippen LogP contribution in [0.5, 0.6) is 0 Å². The van der Waals surface area contributed by atoms with Crippen molar-refractivity contribution in [1.29, 1.82) is 0 Å². The summed E-state index contributed by atoms with van der Waals surface area (Å²) in [4.78, 5) is 0. The minimum Gasteiger partial charge on any atom is -0.396 e. The van der Waals surface area contributed by atoms with Gasteiger partial charge in [0.2, 0.25) is 0 Å². The molecular weight excluding hydrogens is 347 g/mol. The lowest BCUT2D eigenvalue weighted by Gasteiger charge is -2.12. The van der Waals surface area contributed by atoms with Crippen molar-refractivity contribution in [3.05, 3.63) is 39.6 Å². The smallest absolute Gasteiger partial charge is 0.396 e. The molecule has 2 N–H and O–H groups in total. The number of anilines is 1. The first-order valence-electron chi connectivity index (χ1n) is 6.52. The van der Waals surface area contributed by atoms with Gasteiger partial charge >= 0.3 is 6.18 Å². The van der Waals surface area contributed by atoms with Crippen LogP contribution in [0.1, 0.15) is 30.8 Å². The number of nitrogen functional groups attached to an aromatic ring is 1. The number of hydrogen-bond acceptors (Lipinski definition) is 2. The zero-order valence-corrected chi connectivity index (χ0v) is 13.2. The first kappa shape index (κ1) is 15.9. The lowest BCUT2D eigenvalue weighted by atomic mass is 10.2. The molecule has 114 valence electrons. The van der Waals surface area contributed by atoms with Gasteiger partial charge in [-0.15, -0.1) is 0 Å². The van der Waals surface area contributed by atoms with Crippen LogP contribution < -0.4 is 5.73 Å². The van der Waals surface area contributed by atoms with Crippen LogP contribution >= 0.6 is 15.9 Å². The maximum Gasteiger partial charge on any atom is 0.416 e. The van der Waals surface area contributed by atoms with Gasteiger partial charge in [0, 0.05) is 4.47 Å². The largest absolute Gasteiger partial charge is 0.416 e. The molecule has 1 aromatic heterocycles. The van der Waals surface area contributed by atoms with Crippen molar-refractivity contribution >= 4 is 21.6 Å². The Bertz CT molecular complexity index is 662. The van der Waals surface area contributed by atoms with E-state index in [1.807, 2.05) is 13.8 Å². The third kappa shape index (κ3) is 2.92. The Hall–Kier alpha value is -1.50. The number of rotatable bonds is 3. The van der Waals surface area contributed by atoms with Crippen molar-refractivity contribution in [2.45, 2.75) is 32.9 Å². The zero-order valence-electron chi connectivity index (χ0n) is 11.6. The summed E-state index contributed by atoms with van der Waals surface area (Å²) >= 11 is 3.19.